The van der Waals surface area contributed by atoms with Gasteiger partial charge in [-0.05, 0) is 47.2 Å². The minimum Gasteiger partial charge on any atom is -0.454 e. The highest BCUT2D eigenvalue weighted by atomic mass is 16.3. The summed E-state index contributed by atoms with van der Waals surface area (Å²) in [6.45, 7) is 0. The first-order valence-electron chi connectivity index (χ1n) is 16.0. The summed E-state index contributed by atoms with van der Waals surface area (Å²) in [6, 6.07) is 54.4. The number of aromatic nitrogens is 4. The van der Waals surface area contributed by atoms with Crippen molar-refractivity contribution in [1.29, 1.82) is 0 Å². The van der Waals surface area contributed by atoms with Gasteiger partial charge < -0.3 is 8.98 Å². The van der Waals surface area contributed by atoms with Gasteiger partial charge in [0.25, 0.3) is 0 Å². The Kier molecular flexibility index (Phi) is 5.81. The fourth-order valence-electron chi connectivity index (χ4n) is 7.03. The second-order valence-corrected chi connectivity index (χ2v) is 12.0. The van der Waals surface area contributed by atoms with Crippen LogP contribution in [0.4, 0.5) is 0 Å². The molecular formula is C43H26N4O. The van der Waals surface area contributed by atoms with Crippen molar-refractivity contribution in [2.24, 2.45) is 0 Å². The largest absolute Gasteiger partial charge is 0.454 e. The molecule has 0 unspecified atom stereocenters. The highest BCUT2D eigenvalue weighted by Crippen LogP contribution is 2.42. The lowest BCUT2D eigenvalue weighted by molar-refractivity contribution is 0.666. The van der Waals surface area contributed by atoms with Crippen LogP contribution in [0.15, 0.2) is 162 Å². The minimum atomic E-state index is 0.595. The van der Waals surface area contributed by atoms with E-state index in [1.807, 2.05) is 42.5 Å². The van der Waals surface area contributed by atoms with E-state index in [4.69, 9.17) is 19.4 Å². The van der Waals surface area contributed by atoms with Crippen molar-refractivity contribution < 1.29 is 4.42 Å². The van der Waals surface area contributed by atoms with E-state index in [1.54, 1.807) is 0 Å². The molecule has 0 saturated carbocycles. The summed E-state index contributed by atoms with van der Waals surface area (Å²) in [5.74, 6) is 1.84. The molecule has 0 amide bonds. The Morgan fingerprint density at radius 2 is 1.04 bits per heavy atom. The van der Waals surface area contributed by atoms with Crippen LogP contribution in [-0.4, -0.2) is 19.5 Å². The maximum absolute atomic E-state index is 6.75. The highest BCUT2D eigenvalue weighted by Gasteiger charge is 2.22. The second-order valence-electron chi connectivity index (χ2n) is 12.0. The molecule has 10 rings (SSSR count). The van der Waals surface area contributed by atoms with Gasteiger partial charge >= 0.3 is 0 Å². The van der Waals surface area contributed by atoms with E-state index in [2.05, 4.69) is 120 Å². The van der Waals surface area contributed by atoms with E-state index < -0.39 is 0 Å². The Morgan fingerprint density at radius 3 is 1.81 bits per heavy atom. The first-order chi connectivity index (χ1) is 23.8. The average molecular weight is 615 g/mol. The standard InChI is InChI=1S/C43H26N4O/c1-2-13-28(14-3-1)41-44-42(30-23-22-27-12-4-5-15-29(27)26-30)46-43(45-41)34-24-25-37(40-39(34)33-18-8-11-21-38(33)48-40)47-35-19-9-6-16-31(35)32-17-7-10-20-36(32)47/h1-26H. The molecule has 48 heavy (non-hydrogen) atoms. The molecule has 5 heteroatoms. The third-order valence-corrected chi connectivity index (χ3v) is 9.24. The summed E-state index contributed by atoms with van der Waals surface area (Å²) in [7, 11) is 0. The summed E-state index contributed by atoms with van der Waals surface area (Å²) in [4.78, 5) is 15.3. The molecule has 0 aliphatic heterocycles. The fraction of sp³-hybridized carbons (Fsp3) is 0. The zero-order valence-electron chi connectivity index (χ0n) is 25.7. The van der Waals surface area contributed by atoms with Gasteiger partial charge in [-0.2, -0.15) is 0 Å². The van der Waals surface area contributed by atoms with Crippen LogP contribution in [0.3, 0.4) is 0 Å². The summed E-state index contributed by atoms with van der Waals surface area (Å²) in [6.07, 6.45) is 0. The first kappa shape index (κ1) is 26.6. The second kappa shape index (κ2) is 10.5. The number of benzene rings is 7. The minimum absolute atomic E-state index is 0.595. The van der Waals surface area contributed by atoms with Gasteiger partial charge in [0.05, 0.1) is 16.7 Å². The summed E-state index contributed by atoms with van der Waals surface area (Å²) >= 11 is 0. The zero-order chi connectivity index (χ0) is 31.6. The fourth-order valence-corrected chi connectivity index (χ4v) is 7.03. The van der Waals surface area contributed by atoms with E-state index in [1.165, 1.54) is 16.2 Å². The van der Waals surface area contributed by atoms with Crippen LogP contribution in [0, 0.1) is 0 Å². The van der Waals surface area contributed by atoms with Gasteiger partial charge in [0.2, 0.25) is 0 Å². The van der Waals surface area contributed by atoms with Gasteiger partial charge in [-0.1, -0.05) is 121 Å². The molecule has 0 spiro atoms. The molecule has 0 radical (unpaired) electrons. The molecule has 7 aromatic carbocycles. The molecule has 0 saturated heterocycles. The summed E-state index contributed by atoms with van der Waals surface area (Å²) in [5, 5.41) is 6.69. The number of furan rings is 1. The lowest BCUT2D eigenvalue weighted by Gasteiger charge is -2.12. The zero-order valence-corrected chi connectivity index (χ0v) is 25.7. The average Bonchev–Trinajstić information content (AvgIpc) is 3.71. The molecule has 0 atom stereocenters. The van der Waals surface area contributed by atoms with Crippen LogP contribution < -0.4 is 0 Å². The van der Waals surface area contributed by atoms with E-state index in [0.29, 0.717) is 17.5 Å². The SMILES string of the molecule is c1ccc(-c2nc(-c3ccc4ccccc4c3)nc(-c3ccc(-n4c5ccccc5c5ccccc54)c4oc5ccccc5c34)n2)cc1. The van der Waals surface area contributed by atoms with Gasteiger partial charge in [-0.25, -0.2) is 15.0 Å². The number of rotatable bonds is 4. The van der Waals surface area contributed by atoms with Crippen molar-refractivity contribution in [3.05, 3.63) is 158 Å². The van der Waals surface area contributed by atoms with Crippen molar-refractivity contribution in [2.75, 3.05) is 0 Å². The number of hydrogen-bond donors (Lipinski definition) is 0. The van der Waals surface area contributed by atoms with Crippen molar-refractivity contribution >= 4 is 54.5 Å². The first-order valence-corrected chi connectivity index (χ1v) is 16.0. The van der Waals surface area contributed by atoms with Crippen LogP contribution in [0.1, 0.15) is 0 Å². The molecule has 0 N–H and O–H groups in total. The molecule has 5 nitrogen and oxygen atoms in total. The Morgan fingerprint density at radius 1 is 0.438 bits per heavy atom. The molecule has 0 bridgehead atoms. The Labute approximate surface area is 275 Å². The van der Waals surface area contributed by atoms with Gasteiger partial charge in [-0.3, -0.25) is 0 Å². The summed E-state index contributed by atoms with van der Waals surface area (Å²) in [5.41, 5.74) is 7.57. The van der Waals surface area contributed by atoms with Crippen molar-refractivity contribution in [2.45, 2.75) is 0 Å². The number of hydrogen-bond acceptors (Lipinski definition) is 4. The number of fused-ring (bicyclic) bond motifs is 7. The molecule has 10 aromatic rings. The van der Waals surface area contributed by atoms with E-state index >= 15 is 0 Å². The quantitative estimate of drug-likeness (QED) is 0.198. The topological polar surface area (TPSA) is 56.7 Å². The Hall–Kier alpha value is -6.59. The maximum atomic E-state index is 6.75. The molecule has 3 heterocycles. The Balaban J connectivity index is 1.27. The lowest BCUT2D eigenvalue weighted by Crippen LogP contribution is -2.01. The smallest absolute Gasteiger partial charge is 0.164 e. The summed E-state index contributed by atoms with van der Waals surface area (Å²) < 4.78 is 9.06. The van der Waals surface area contributed by atoms with Crippen LogP contribution in [-0.2, 0) is 0 Å². The van der Waals surface area contributed by atoms with Gasteiger partial charge in [0.15, 0.2) is 23.1 Å². The lowest BCUT2D eigenvalue weighted by atomic mass is 10.0. The highest BCUT2D eigenvalue weighted by molar-refractivity contribution is 6.16. The molecular weight excluding hydrogens is 589 g/mol. The number of para-hydroxylation sites is 3. The van der Waals surface area contributed by atoms with E-state index in [0.717, 1.165) is 60.7 Å². The third-order valence-electron chi connectivity index (χ3n) is 9.24. The van der Waals surface area contributed by atoms with Crippen LogP contribution in [0.5, 0.6) is 0 Å². The monoisotopic (exact) mass is 614 g/mol. The third kappa shape index (κ3) is 4.08. The van der Waals surface area contributed by atoms with Crippen LogP contribution in [0.25, 0.3) is 94.4 Å². The number of nitrogens with zero attached hydrogens (tertiary/aromatic N) is 4. The van der Waals surface area contributed by atoms with E-state index in [9.17, 15) is 0 Å². The van der Waals surface area contributed by atoms with Gasteiger partial charge in [-0.15, -0.1) is 0 Å². The van der Waals surface area contributed by atoms with Gasteiger partial charge in [0.1, 0.15) is 5.58 Å². The predicted molar refractivity (Wildman–Crippen MR) is 195 cm³/mol. The van der Waals surface area contributed by atoms with Crippen LogP contribution in [0.2, 0.25) is 0 Å². The normalized spacial score (nSPS) is 11.8. The van der Waals surface area contributed by atoms with E-state index in [-0.39, 0.29) is 0 Å². The Bertz CT molecular complexity index is 2800. The molecule has 0 aliphatic rings. The van der Waals surface area contributed by atoms with Crippen molar-refractivity contribution in [3.63, 3.8) is 0 Å². The van der Waals surface area contributed by atoms with Gasteiger partial charge in [0, 0.05) is 38.2 Å². The van der Waals surface area contributed by atoms with Crippen molar-refractivity contribution in [3.8, 4) is 39.9 Å². The molecule has 224 valence electrons. The van der Waals surface area contributed by atoms with Crippen LogP contribution >= 0.6 is 0 Å². The van der Waals surface area contributed by atoms with Crippen molar-refractivity contribution in [1.82, 2.24) is 19.5 Å². The predicted octanol–water partition coefficient (Wildman–Crippen LogP) is 11.0. The maximum Gasteiger partial charge on any atom is 0.164 e. The molecule has 0 fully saturated rings. The molecule has 0 aliphatic carbocycles. The molecule has 3 aromatic heterocycles.